The summed E-state index contributed by atoms with van der Waals surface area (Å²) < 4.78 is 9.75. The molecule has 6 heteroatoms. The van der Waals surface area contributed by atoms with E-state index in [1.165, 1.54) is 11.6 Å². The van der Waals surface area contributed by atoms with E-state index in [2.05, 4.69) is 16.5 Å². The Morgan fingerprint density at radius 2 is 2.22 bits per heavy atom. The van der Waals surface area contributed by atoms with Crippen molar-refractivity contribution in [1.82, 2.24) is 10.5 Å². The van der Waals surface area contributed by atoms with E-state index in [4.69, 9.17) is 9.26 Å². The SMILES string of the molecule is Cc1cc(C(=O)OCC(=O)N[C@@H]2CCCc3ccccc32)on1. The number of nitrogens with zero attached hydrogens (tertiary/aromatic N) is 1. The Morgan fingerprint density at radius 3 is 3.00 bits per heavy atom. The van der Waals surface area contributed by atoms with Gasteiger partial charge in [-0.25, -0.2) is 4.79 Å². The zero-order valence-electron chi connectivity index (χ0n) is 12.9. The van der Waals surface area contributed by atoms with Gasteiger partial charge in [0.05, 0.1) is 11.7 Å². The van der Waals surface area contributed by atoms with Crippen LogP contribution < -0.4 is 5.32 Å². The lowest BCUT2D eigenvalue weighted by Crippen LogP contribution is -2.34. The van der Waals surface area contributed by atoms with E-state index in [0.29, 0.717) is 5.69 Å². The summed E-state index contributed by atoms with van der Waals surface area (Å²) in [5.74, 6) is -1.01. The topological polar surface area (TPSA) is 81.4 Å². The molecule has 1 atom stereocenters. The van der Waals surface area contributed by atoms with Gasteiger partial charge in [0.1, 0.15) is 0 Å². The van der Waals surface area contributed by atoms with Gasteiger partial charge in [0.2, 0.25) is 5.76 Å². The number of ether oxygens (including phenoxy) is 1. The van der Waals surface area contributed by atoms with Crippen LogP contribution in [0.2, 0.25) is 0 Å². The predicted molar refractivity (Wildman–Crippen MR) is 81.8 cm³/mol. The normalized spacial score (nSPS) is 16.5. The first-order chi connectivity index (χ1) is 11.1. The lowest BCUT2D eigenvalue weighted by atomic mass is 9.88. The Balaban J connectivity index is 1.55. The molecule has 3 rings (SSSR count). The van der Waals surface area contributed by atoms with Gasteiger partial charge in [-0.2, -0.15) is 0 Å². The fourth-order valence-corrected chi connectivity index (χ4v) is 2.80. The molecule has 2 aromatic rings. The molecule has 1 amide bonds. The highest BCUT2D eigenvalue weighted by Gasteiger charge is 2.22. The number of carbonyl (C=O) groups is 2. The summed E-state index contributed by atoms with van der Waals surface area (Å²) >= 11 is 0. The van der Waals surface area contributed by atoms with Crippen molar-refractivity contribution in [3.63, 3.8) is 0 Å². The third kappa shape index (κ3) is 3.59. The summed E-state index contributed by atoms with van der Waals surface area (Å²) in [4.78, 5) is 23.7. The van der Waals surface area contributed by atoms with Gasteiger partial charge < -0.3 is 14.6 Å². The van der Waals surface area contributed by atoms with E-state index in [1.807, 2.05) is 18.2 Å². The third-order valence-corrected chi connectivity index (χ3v) is 3.87. The smallest absolute Gasteiger partial charge is 0.377 e. The molecule has 0 bridgehead atoms. The number of esters is 1. The van der Waals surface area contributed by atoms with Crippen LogP contribution in [0.3, 0.4) is 0 Å². The Kier molecular flexibility index (Phi) is 4.41. The highest BCUT2D eigenvalue weighted by atomic mass is 16.6. The van der Waals surface area contributed by atoms with E-state index < -0.39 is 5.97 Å². The van der Waals surface area contributed by atoms with Gasteiger partial charge in [-0.05, 0) is 37.3 Å². The highest BCUT2D eigenvalue weighted by Crippen LogP contribution is 2.29. The zero-order valence-corrected chi connectivity index (χ0v) is 12.9. The van der Waals surface area contributed by atoms with E-state index >= 15 is 0 Å². The lowest BCUT2D eigenvalue weighted by molar-refractivity contribution is -0.125. The van der Waals surface area contributed by atoms with Gasteiger partial charge in [-0.3, -0.25) is 4.79 Å². The van der Waals surface area contributed by atoms with E-state index in [0.717, 1.165) is 24.8 Å². The first kappa shape index (κ1) is 15.3. The molecule has 0 spiro atoms. The summed E-state index contributed by atoms with van der Waals surface area (Å²) in [5, 5.41) is 6.53. The molecule has 0 aliphatic heterocycles. The first-order valence-corrected chi connectivity index (χ1v) is 7.61. The fraction of sp³-hybridized carbons (Fsp3) is 0.353. The highest BCUT2D eigenvalue weighted by molar-refractivity contribution is 5.88. The molecule has 1 heterocycles. The summed E-state index contributed by atoms with van der Waals surface area (Å²) in [6, 6.07) is 9.53. The van der Waals surface area contributed by atoms with Crippen molar-refractivity contribution in [2.75, 3.05) is 6.61 Å². The van der Waals surface area contributed by atoms with Crippen LogP contribution in [0, 0.1) is 6.92 Å². The van der Waals surface area contributed by atoms with Crippen molar-refractivity contribution in [3.8, 4) is 0 Å². The molecule has 0 fully saturated rings. The maximum Gasteiger partial charge on any atom is 0.377 e. The number of carbonyl (C=O) groups excluding carboxylic acids is 2. The number of nitrogens with one attached hydrogen (secondary N) is 1. The number of hydrogen-bond acceptors (Lipinski definition) is 5. The zero-order chi connectivity index (χ0) is 16.2. The minimum absolute atomic E-state index is 0.00156. The van der Waals surface area contributed by atoms with Crippen LogP contribution in [0.5, 0.6) is 0 Å². The second-order valence-electron chi connectivity index (χ2n) is 5.62. The van der Waals surface area contributed by atoms with Crippen molar-refractivity contribution in [3.05, 3.63) is 52.9 Å². The number of fused-ring (bicyclic) bond motifs is 1. The third-order valence-electron chi connectivity index (χ3n) is 3.87. The Hall–Kier alpha value is -2.63. The van der Waals surface area contributed by atoms with Crippen molar-refractivity contribution >= 4 is 11.9 Å². The van der Waals surface area contributed by atoms with Gasteiger partial charge in [0.25, 0.3) is 5.91 Å². The van der Waals surface area contributed by atoms with Crippen molar-refractivity contribution in [1.29, 1.82) is 0 Å². The van der Waals surface area contributed by atoms with Crippen molar-refractivity contribution in [2.45, 2.75) is 32.2 Å². The number of aromatic nitrogens is 1. The van der Waals surface area contributed by atoms with Crippen LogP contribution in [0.4, 0.5) is 0 Å². The molecular formula is C17H18N2O4. The van der Waals surface area contributed by atoms with Crippen LogP contribution in [-0.2, 0) is 16.0 Å². The molecule has 1 aliphatic carbocycles. The van der Waals surface area contributed by atoms with E-state index in [-0.39, 0.29) is 24.3 Å². The minimum Gasteiger partial charge on any atom is -0.450 e. The number of aryl methyl sites for hydroxylation is 2. The summed E-state index contributed by atoms with van der Waals surface area (Å²) in [6.07, 6.45) is 2.94. The average molecular weight is 314 g/mol. The summed E-state index contributed by atoms with van der Waals surface area (Å²) in [6.45, 7) is 1.37. The second-order valence-corrected chi connectivity index (χ2v) is 5.62. The first-order valence-electron chi connectivity index (χ1n) is 7.61. The molecule has 1 aromatic carbocycles. The van der Waals surface area contributed by atoms with Crippen LogP contribution in [0.15, 0.2) is 34.9 Å². The molecule has 0 unspecified atom stereocenters. The van der Waals surface area contributed by atoms with Gasteiger partial charge in [0.15, 0.2) is 6.61 Å². The van der Waals surface area contributed by atoms with Crippen LogP contribution in [-0.4, -0.2) is 23.6 Å². The molecule has 6 nitrogen and oxygen atoms in total. The summed E-state index contributed by atoms with van der Waals surface area (Å²) in [7, 11) is 0. The number of amides is 1. The largest absolute Gasteiger partial charge is 0.450 e. The number of hydrogen-bond donors (Lipinski definition) is 1. The molecule has 0 saturated heterocycles. The number of rotatable bonds is 4. The Labute approximate surface area is 133 Å². The average Bonchev–Trinajstić information content (AvgIpc) is 2.99. The standard InChI is InChI=1S/C17H18N2O4/c1-11-9-15(23-19-11)17(21)22-10-16(20)18-14-8-4-6-12-5-2-3-7-13(12)14/h2-3,5,7,9,14H,4,6,8,10H2,1H3,(H,18,20)/t14-/m1/s1. The molecule has 23 heavy (non-hydrogen) atoms. The summed E-state index contributed by atoms with van der Waals surface area (Å²) in [5.41, 5.74) is 2.99. The van der Waals surface area contributed by atoms with E-state index in [9.17, 15) is 9.59 Å². The van der Waals surface area contributed by atoms with Gasteiger partial charge in [-0.1, -0.05) is 29.4 Å². The molecule has 120 valence electrons. The van der Waals surface area contributed by atoms with Crippen LogP contribution in [0.1, 0.15) is 46.3 Å². The molecular weight excluding hydrogens is 296 g/mol. The maximum atomic E-state index is 12.0. The quantitative estimate of drug-likeness (QED) is 0.876. The van der Waals surface area contributed by atoms with Gasteiger partial charge in [0, 0.05) is 6.07 Å². The monoisotopic (exact) mass is 314 g/mol. The number of benzene rings is 1. The van der Waals surface area contributed by atoms with Gasteiger partial charge in [-0.15, -0.1) is 0 Å². The van der Waals surface area contributed by atoms with Crippen molar-refractivity contribution < 1.29 is 18.8 Å². The Morgan fingerprint density at radius 1 is 1.39 bits per heavy atom. The fourth-order valence-electron chi connectivity index (χ4n) is 2.80. The second kappa shape index (κ2) is 6.64. The predicted octanol–water partition coefficient (Wildman–Crippen LogP) is 2.33. The van der Waals surface area contributed by atoms with Crippen molar-refractivity contribution in [2.24, 2.45) is 0 Å². The molecule has 0 radical (unpaired) electrons. The van der Waals surface area contributed by atoms with Crippen LogP contribution >= 0.6 is 0 Å². The van der Waals surface area contributed by atoms with Crippen LogP contribution in [0.25, 0.3) is 0 Å². The molecule has 1 aliphatic rings. The molecule has 0 saturated carbocycles. The lowest BCUT2D eigenvalue weighted by Gasteiger charge is -2.26. The van der Waals surface area contributed by atoms with Gasteiger partial charge >= 0.3 is 5.97 Å². The minimum atomic E-state index is -0.690. The maximum absolute atomic E-state index is 12.0. The Bertz CT molecular complexity index is 723. The molecule has 1 N–H and O–H groups in total. The van der Waals surface area contributed by atoms with E-state index in [1.54, 1.807) is 6.92 Å². The molecule has 1 aromatic heterocycles.